The number of hydrogen-bond donors (Lipinski definition) is 0. The van der Waals surface area contributed by atoms with E-state index in [4.69, 9.17) is 11.6 Å². The third-order valence-electron chi connectivity index (χ3n) is 4.23. The number of carbonyl (C=O) groups is 1. The van der Waals surface area contributed by atoms with E-state index in [0.717, 1.165) is 6.42 Å². The smallest absolute Gasteiger partial charge is 0.264 e. The van der Waals surface area contributed by atoms with E-state index in [-0.39, 0.29) is 17.3 Å². The van der Waals surface area contributed by atoms with E-state index in [9.17, 15) is 13.2 Å². The summed E-state index contributed by atoms with van der Waals surface area (Å²) in [5, 5.41) is 0.325. The molecule has 0 spiro atoms. The fourth-order valence-corrected chi connectivity index (χ4v) is 4.50. The van der Waals surface area contributed by atoms with Gasteiger partial charge in [0.15, 0.2) is 0 Å². The van der Waals surface area contributed by atoms with Crippen molar-refractivity contribution in [3.05, 3.63) is 71.8 Å². The summed E-state index contributed by atoms with van der Waals surface area (Å²) < 4.78 is 27.6. The molecule has 0 saturated carbocycles. The normalized spacial score (nSPS) is 13.8. The number of anilines is 1. The van der Waals surface area contributed by atoms with E-state index >= 15 is 0 Å². The molecule has 136 valence electrons. The highest BCUT2D eigenvalue weighted by molar-refractivity contribution is 7.92. The Morgan fingerprint density at radius 1 is 1.19 bits per heavy atom. The first-order valence-electron chi connectivity index (χ1n) is 8.22. The quantitative estimate of drug-likeness (QED) is 0.708. The number of para-hydroxylation sites is 1. The Hall–Kier alpha value is -2.31. The van der Waals surface area contributed by atoms with Crippen molar-refractivity contribution in [2.24, 2.45) is 0 Å². The van der Waals surface area contributed by atoms with Crippen LogP contribution in [0.5, 0.6) is 0 Å². The highest BCUT2D eigenvalue weighted by Crippen LogP contribution is 2.30. The molecule has 5 nitrogen and oxygen atoms in total. The Morgan fingerprint density at radius 2 is 1.92 bits per heavy atom. The fourth-order valence-electron chi connectivity index (χ4n) is 2.72. The second-order valence-electron chi connectivity index (χ2n) is 5.95. The molecule has 1 amide bonds. The van der Waals surface area contributed by atoms with Crippen LogP contribution < -0.4 is 4.31 Å². The molecule has 0 aliphatic carbocycles. The number of rotatable bonds is 6. The Labute approximate surface area is 158 Å². The van der Waals surface area contributed by atoms with E-state index in [1.165, 1.54) is 22.5 Å². The van der Waals surface area contributed by atoms with Gasteiger partial charge in [-0.05, 0) is 36.8 Å². The number of nitrogens with zero attached hydrogens (tertiary/aromatic N) is 2. The first-order chi connectivity index (χ1) is 12.4. The molecule has 0 bridgehead atoms. The molecular weight excluding hydrogens is 372 g/mol. The monoisotopic (exact) mass is 390 g/mol. The second-order valence-corrected chi connectivity index (χ2v) is 8.22. The molecule has 0 atom stereocenters. The van der Waals surface area contributed by atoms with Crippen molar-refractivity contribution < 1.29 is 13.2 Å². The van der Waals surface area contributed by atoms with Crippen LogP contribution in [-0.2, 0) is 10.0 Å². The maximum absolute atomic E-state index is 13.2. The van der Waals surface area contributed by atoms with Gasteiger partial charge in [-0.3, -0.25) is 9.10 Å². The number of halogens is 1. The number of sulfonamides is 1. The van der Waals surface area contributed by atoms with Crippen LogP contribution in [0, 0.1) is 0 Å². The molecule has 1 aliphatic rings. The molecule has 0 N–H and O–H groups in total. The van der Waals surface area contributed by atoms with Gasteiger partial charge in [-0.2, -0.15) is 0 Å². The van der Waals surface area contributed by atoms with Crippen molar-refractivity contribution in [2.75, 3.05) is 23.9 Å². The van der Waals surface area contributed by atoms with Crippen molar-refractivity contribution >= 4 is 33.2 Å². The number of benzene rings is 2. The van der Waals surface area contributed by atoms with E-state index in [1.54, 1.807) is 41.3 Å². The number of hydrogen-bond acceptors (Lipinski definition) is 3. The van der Waals surface area contributed by atoms with Gasteiger partial charge in [-0.1, -0.05) is 35.9 Å². The zero-order valence-electron chi connectivity index (χ0n) is 14.1. The summed E-state index contributed by atoms with van der Waals surface area (Å²) in [5.41, 5.74) is 0.733. The largest absolute Gasteiger partial charge is 0.339 e. The van der Waals surface area contributed by atoms with E-state index in [0.29, 0.717) is 29.4 Å². The summed E-state index contributed by atoms with van der Waals surface area (Å²) in [4.78, 5) is 14.1. The van der Waals surface area contributed by atoms with Gasteiger partial charge in [-0.15, -0.1) is 6.58 Å². The van der Waals surface area contributed by atoms with Crippen LogP contribution in [0.25, 0.3) is 0 Å². The summed E-state index contributed by atoms with van der Waals surface area (Å²) in [6, 6.07) is 12.8. The Balaban J connectivity index is 2.01. The lowest BCUT2D eigenvalue weighted by atomic mass is 10.1. The van der Waals surface area contributed by atoms with Gasteiger partial charge >= 0.3 is 0 Å². The average Bonchev–Trinajstić information content (AvgIpc) is 2.59. The number of amides is 1. The van der Waals surface area contributed by atoms with Gasteiger partial charge < -0.3 is 4.90 Å². The predicted molar refractivity (Wildman–Crippen MR) is 103 cm³/mol. The van der Waals surface area contributed by atoms with Crippen LogP contribution >= 0.6 is 11.6 Å². The first-order valence-corrected chi connectivity index (χ1v) is 10.0. The molecule has 7 heteroatoms. The van der Waals surface area contributed by atoms with Gasteiger partial charge in [0.1, 0.15) is 0 Å². The maximum Gasteiger partial charge on any atom is 0.264 e. The lowest BCUT2D eigenvalue weighted by molar-refractivity contribution is 0.0651. The Morgan fingerprint density at radius 3 is 2.54 bits per heavy atom. The van der Waals surface area contributed by atoms with Gasteiger partial charge in [0.25, 0.3) is 15.9 Å². The van der Waals surface area contributed by atoms with Crippen molar-refractivity contribution in [1.82, 2.24) is 4.90 Å². The zero-order chi connectivity index (χ0) is 18.7. The Kier molecular flexibility index (Phi) is 5.34. The SMILES string of the molecule is C=CCN(c1ccccc1Cl)S(=O)(=O)c1cccc(C(=O)N2CCC2)c1. The van der Waals surface area contributed by atoms with Crippen LogP contribution in [-0.4, -0.2) is 38.9 Å². The molecule has 1 fully saturated rings. The average molecular weight is 391 g/mol. The standard InChI is InChI=1S/C19H19ClN2O3S/c1-2-11-22(18-10-4-3-9-17(18)20)26(24,25)16-8-5-7-15(14-16)19(23)21-12-6-13-21/h2-5,7-10,14H,1,6,11-13H2. The minimum absolute atomic E-state index is 0.0469. The summed E-state index contributed by atoms with van der Waals surface area (Å²) >= 11 is 6.20. The van der Waals surface area contributed by atoms with Crippen LogP contribution in [0.3, 0.4) is 0 Å². The van der Waals surface area contributed by atoms with Crippen molar-refractivity contribution in [3.63, 3.8) is 0 Å². The van der Waals surface area contributed by atoms with Crippen LogP contribution in [0.15, 0.2) is 66.1 Å². The first kappa shape index (κ1) is 18.5. The van der Waals surface area contributed by atoms with E-state index in [1.807, 2.05) is 0 Å². The molecule has 0 aromatic heterocycles. The third-order valence-corrected chi connectivity index (χ3v) is 6.32. The lowest BCUT2D eigenvalue weighted by Crippen LogP contribution is -2.42. The summed E-state index contributed by atoms with van der Waals surface area (Å²) in [6.45, 7) is 5.12. The highest BCUT2D eigenvalue weighted by atomic mass is 35.5. The lowest BCUT2D eigenvalue weighted by Gasteiger charge is -2.31. The second kappa shape index (κ2) is 7.51. The molecule has 2 aromatic rings. The minimum atomic E-state index is -3.90. The summed E-state index contributed by atoms with van der Waals surface area (Å²) in [6.07, 6.45) is 2.47. The van der Waals surface area contributed by atoms with Gasteiger partial charge in [0.2, 0.25) is 0 Å². The fraction of sp³-hybridized carbons (Fsp3) is 0.211. The third kappa shape index (κ3) is 3.48. The van der Waals surface area contributed by atoms with Gasteiger partial charge in [-0.25, -0.2) is 8.42 Å². The van der Waals surface area contributed by atoms with Crippen LogP contribution in [0.4, 0.5) is 5.69 Å². The number of likely N-dealkylation sites (tertiary alicyclic amines) is 1. The molecule has 1 aliphatic heterocycles. The summed E-state index contributed by atoms with van der Waals surface area (Å²) in [7, 11) is -3.90. The summed E-state index contributed by atoms with van der Waals surface area (Å²) in [5.74, 6) is -0.152. The minimum Gasteiger partial charge on any atom is -0.339 e. The highest BCUT2D eigenvalue weighted by Gasteiger charge is 2.28. The van der Waals surface area contributed by atoms with Crippen LogP contribution in [0.2, 0.25) is 5.02 Å². The van der Waals surface area contributed by atoms with Gasteiger partial charge in [0, 0.05) is 18.7 Å². The molecule has 1 heterocycles. The molecule has 2 aromatic carbocycles. The molecular formula is C19H19ClN2O3S. The Bertz CT molecular complexity index is 939. The number of carbonyl (C=O) groups excluding carboxylic acids is 1. The van der Waals surface area contributed by atoms with Crippen LogP contribution in [0.1, 0.15) is 16.8 Å². The molecule has 3 rings (SSSR count). The van der Waals surface area contributed by atoms with Crippen molar-refractivity contribution in [3.8, 4) is 0 Å². The van der Waals surface area contributed by atoms with E-state index in [2.05, 4.69) is 6.58 Å². The van der Waals surface area contributed by atoms with E-state index < -0.39 is 10.0 Å². The molecule has 0 radical (unpaired) electrons. The topological polar surface area (TPSA) is 57.7 Å². The van der Waals surface area contributed by atoms with Crippen molar-refractivity contribution in [2.45, 2.75) is 11.3 Å². The zero-order valence-corrected chi connectivity index (χ0v) is 15.7. The molecule has 1 saturated heterocycles. The molecule has 0 unspecified atom stereocenters. The van der Waals surface area contributed by atoms with Gasteiger partial charge in [0.05, 0.1) is 22.2 Å². The molecule has 26 heavy (non-hydrogen) atoms. The van der Waals surface area contributed by atoms with Crippen molar-refractivity contribution in [1.29, 1.82) is 0 Å². The predicted octanol–water partition coefficient (Wildman–Crippen LogP) is 3.57. The maximum atomic E-state index is 13.2.